The number of amides is 1. The summed E-state index contributed by atoms with van der Waals surface area (Å²) in [6, 6.07) is 0. The van der Waals surface area contributed by atoms with Crippen molar-refractivity contribution in [1.82, 2.24) is 5.32 Å². The zero-order valence-electron chi connectivity index (χ0n) is 15.4. The van der Waals surface area contributed by atoms with Crippen molar-refractivity contribution in [3.8, 4) is 0 Å². The van der Waals surface area contributed by atoms with E-state index in [2.05, 4.69) is 12.2 Å². The SMILES string of the molecule is CCCCCCCCCCC(=O)NCCC[N+](C)(C)CC(=O)[O-]. The van der Waals surface area contributed by atoms with Crippen LogP contribution in [0.1, 0.15) is 71.1 Å². The fourth-order valence-corrected chi connectivity index (χ4v) is 2.67. The third-order valence-electron chi connectivity index (χ3n) is 4.08. The van der Waals surface area contributed by atoms with E-state index in [0.29, 0.717) is 24.0 Å². The standard InChI is InChI=1S/C18H36N2O3/c1-4-5-6-7-8-9-10-11-13-17(21)19-14-12-15-20(2,3)16-18(22)23/h4-16H2,1-3H3,(H-,19,21,22,23). The molecule has 23 heavy (non-hydrogen) atoms. The second-order valence-corrected chi connectivity index (χ2v) is 7.12. The summed E-state index contributed by atoms with van der Waals surface area (Å²) in [6.45, 7) is 3.56. The van der Waals surface area contributed by atoms with E-state index in [0.717, 1.165) is 19.3 Å². The molecule has 0 saturated heterocycles. The highest BCUT2D eigenvalue weighted by Crippen LogP contribution is 2.09. The second kappa shape index (κ2) is 13.3. The van der Waals surface area contributed by atoms with Crippen molar-refractivity contribution >= 4 is 11.9 Å². The topological polar surface area (TPSA) is 69.2 Å². The summed E-state index contributed by atoms with van der Waals surface area (Å²) < 4.78 is 0.385. The monoisotopic (exact) mass is 328 g/mol. The Bertz CT molecular complexity index is 330. The van der Waals surface area contributed by atoms with E-state index in [4.69, 9.17) is 0 Å². The highest BCUT2D eigenvalue weighted by molar-refractivity contribution is 5.75. The van der Waals surface area contributed by atoms with Crippen LogP contribution in [-0.4, -0.2) is 50.1 Å². The van der Waals surface area contributed by atoms with Crippen LogP contribution in [-0.2, 0) is 9.59 Å². The molecule has 1 N–H and O–H groups in total. The normalized spacial score (nSPS) is 11.4. The Hall–Kier alpha value is -1.10. The summed E-state index contributed by atoms with van der Waals surface area (Å²) in [5, 5.41) is 13.5. The number of nitrogens with one attached hydrogen (secondary N) is 1. The van der Waals surface area contributed by atoms with E-state index < -0.39 is 5.97 Å². The third-order valence-corrected chi connectivity index (χ3v) is 4.08. The van der Waals surface area contributed by atoms with Crippen molar-refractivity contribution in [3.63, 3.8) is 0 Å². The van der Waals surface area contributed by atoms with Crippen LogP contribution in [0.2, 0.25) is 0 Å². The number of hydrogen-bond acceptors (Lipinski definition) is 3. The molecule has 0 aromatic heterocycles. The van der Waals surface area contributed by atoms with Gasteiger partial charge in [-0.05, 0) is 6.42 Å². The Labute approximate surface area is 142 Å². The number of nitrogens with zero attached hydrogens (tertiary/aromatic N) is 1. The molecule has 0 aromatic carbocycles. The number of quaternary nitrogens is 1. The minimum Gasteiger partial charge on any atom is -0.544 e. The largest absolute Gasteiger partial charge is 0.544 e. The summed E-state index contributed by atoms with van der Waals surface area (Å²) in [6.07, 6.45) is 11.3. The molecular weight excluding hydrogens is 292 g/mol. The summed E-state index contributed by atoms with van der Waals surface area (Å²) in [7, 11) is 3.72. The molecule has 1 amide bonds. The first-order valence-electron chi connectivity index (χ1n) is 9.16. The van der Waals surface area contributed by atoms with E-state index in [1.54, 1.807) is 0 Å². The highest BCUT2D eigenvalue weighted by atomic mass is 16.4. The molecule has 5 heteroatoms. The maximum absolute atomic E-state index is 11.7. The van der Waals surface area contributed by atoms with Crippen LogP contribution in [0.3, 0.4) is 0 Å². The van der Waals surface area contributed by atoms with Crippen molar-refractivity contribution in [2.75, 3.05) is 33.7 Å². The van der Waals surface area contributed by atoms with Crippen LogP contribution < -0.4 is 10.4 Å². The first kappa shape index (κ1) is 21.9. The van der Waals surface area contributed by atoms with Gasteiger partial charge in [-0.15, -0.1) is 0 Å². The Morgan fingerprint density at radius 1 is 0.913 bits per heavy atom. The van der Waals surface area contributed by atoms with Gasteiger partial charge in [0.1, 0.15) is 6.54 Å². The van der Waals surface area contributed by atoms with Gasteiger partial charge in [-0.1, -0.05) is 51.9 Å². The average Bonchev–Trinajstić information content (AvgIpc) is 2.45. The lowest BCUT2D eigenvalue weighted by atomic mass is 10.1. The van der Waals surface area contributed by atoms with Crippen LogP contribution in [0.4, 0.5) is 0 Å². The number of carbonyl (C=O) groups excluding carboxylic acids is 2. The van der Waals surface area contributed by atoms with Crippen LogP contribution in [0.5, 0.6) is 0 Å². The number of carbonyl (C=O) groups is 2. The van der Waals surface area contributed by atoms with Gasteiger partial charge in [0, 0.05) is 19.4 Å². The molecule has 0 heterocycles. The average molecular weight is 328 g/mol. The Balaban J connectivity index is 3.45. The minimum absolute atomic E-state index is 0.00615. The van der Waals surface area contributed by atoms with Crippen LogP contribution in [0, 0.1) is 0 Å². The molecule has 0 saturated carbocycles. The van der Waals surface area contributed by atoms with Gasteiger partial charge in [0.05, 0.1) is 26.6 Å². The fourth-order valence-electron chi connectivity index (χ4n) is 2.67. The lowest BCUT2D eigenvalue weighted by Crippen LogP contribution is -2.49. The molecule has 5 nitrogen and oxygen atoms in total. The number of carboxylic acid groups (broad SMARTS) is 1. The second-order valence-electron chi connectivity index (χ2n) is 7.12. The van der Waals surface area contributed by atoms with Crippen molar-refractivity contribution in [2.24, 2.45) is 0 Å². The first-order chi connectivity index (χ1) is 10.9. The smallest absolute Gasteiger partial charge is 0.219 e. The molecule has 0 spiro atoms. The van der Waals surface area contributed by atoms with Gasteiger partial charge in [-0.25, -0.2) is 0 Å². The lowest BCUT2D eigenvalue weighted by molar-refractivity contribution is -0.884. The molecular formula is C18H36N2O3. The minimum atomic E-state index is -1.03. The molecule has 0 rings (SSSR count). The van der Waals surface area contributed by atoms with E-state index in [1.165, 1.54) is 38.5 Å². The van der Waals surface area contributed by atoms with Crippen LogP contribution >= 0.6 is 0 Å². The van der Waals surface area contributed by atoms with Crippen molar-refractivity contribution in [2.45, 2.75) is 71.1 Å². The number of likely N-dealkylation sites (N-methyl/N-ethyl adjacent to an activating group) is 1. The summed E-state index contributed by atoms with van der Waals surface area (Å²) in [4.78, 5) is 22.3. The first-order valence-corrected chi connectivity index (χ1v) is 9.16. The zero-order chi connectivity index (χ0) is 17.6. The molecule has 0 bridgehead atoms. The molecule has 0 fully saturated rings. The maximum Gasteiger partial charge on any atom is 0.219 e. The third kappa shape index (κ3) is 15.6. The van der Waals surface area contributed by atoms with Crippen molar-refractivity contribution < 1.29 is 19.2 Å². The van der Waals surface area contributed by atoms with Gasteiger partial charge in [0.15, 0.2) is 0 Å². The van der Waals surface area contributed by atoms with E-state index >= 15 is 0 Å². The van der Waals surface area contributed by atoms with Crippen LogP contribution in [0.15, 0.2) is 0 Å². The summed E-state index contributed by atoms with van der Waals surface area (Å²) >= 11 is 0. The Morgan fingerprint density at radius 3 is 2.04 bits per heavy atom. The van der Waals surface area contributed by atoms with Gasteiger partial charge in [-0.2, -0.15) is 0 Å². The van der Waals surface area contributed by atoms with Gasteiger partial charge in [0.25, 0.3) is 0 Å². The maximum atomic E-state index is 11.7. The fraction of sp³-hybridized carbons (Fsp3) is 0.889. The molecule has 0 aromatic rings. The lowest BCUT2D eigenvalue weighted by Gasteiger charge is -2.30. The van der Waals surface area contributed by atoms with Gasteiger partial charge in [0.2, 0.25) is 5.91 Å². The predicted molar refractivity (Wildman–Crippen MR) is 91.7 cm³/mol. The van der Waals surface area contributed by atoms with Gasteiger partial charge >= 0.3 is 0 Å². The van der Waals surface area contributed by atoms with E-state index in [-0.39, 0.29) is 12.5 Å². The molecule has 0 radical (unpaired) electrons. The predicted octanol–water partition coefficient (Wildman–Crippen LogP) is 1.85. The number of hydrogen-bond donors (Lipinski definition) is 1. The number of aliphatic carboxylic acids is 1. The Kier molecular flexibility index (Phi) is 12.7. The van der Waals surface area contributed by atoms with E-state index in [1.807, 2.05) is 14.1 Å². The molecule has 0 aliphatic carbocycles. The zero-order valence-corrected chi connectivity index (χ0v) is 15.4. The van der Waals surface area contributed by atoms with Crippen LogP contribution in [0.25, 0.3) is 0 Å². The molecule has 0 aliphatic heterocycles. The van der Waals surface area contributed by atoms with Crippen molar-refractivity contribution in [1.29, 1.82) is 0 Å². The number of unbranched alkanes of at least 4 members (excludes halogenated alkanes) is 7. The quantitative estimate of drug-likeness (QED) is 0.368. The van der Waals surface area contributed by atoms with E-state index in [9.17, 15) is 14.7 Å². The summed E-state index contributed by atoms with van der Waals surface area (Å²) in [5.41, 5.74) is 0. The Morgan fingerprint density at radius 2 is 1.48 bits per heavy atom. The molecule has 0 atom stereocenters. The molecule has 0 unspecified atom stereocenters. The van der Waals surface area contributed by atoms with Crippen molar-refractivity contribution in [3.05, 3.63) is 0 Å². The molecule has 136 valence electrons. The summed E-state index contributed by atoms with van der Waals surface area (Å²) in [5.74, 6) is -0.921. The number of carboxylic acids is 1. The highest BCUT2D eigenvalue weighted by Gasteiger charge is 2.14. The van der Waals surface area contributed by atoms with Gasteiger partial charge < -0.3 is 19.7 Å². The van der Waals surface area contributed by atoms with Gasteiger partial charge in [-0.3, -0.25) is 4.79 Å². The number of rotatable bonds is 15. The molecule has 0 aliphatic rings.